The Morgan fingerprint density at radius 1 is 1.18 bits per heavy atom. The van der Waals surface area contributed by atoms with Gasteiger partial charge in [-0.05, 0) is 37.7 Å². The predicted octanol–water partition coefficient (Wildman–Crippen LogP) is 2.93. The maximum Gasteiger partial charge on any atom is 0.141 e. The molecule has 3 nitrogen and oxygen atoms in total. The Labute approximate surface area is 104 Å². The molecule has 0 spiro atoms. The zero-order chi connectivity index (χ0) is 11.9. The smallest absolute Gasteiger partial charge is 0.141 e. The van der Waals surface area contributed by atoms with Crippen LogP contribution in [-0.4, -0.2) is 16.0 Å². The number of hydrogen-bond donors (Lipinski definition) is 1. The van der Waals surface area contributed by atoms with Gasteiger partial charge in [0.15, 0.2) is 0 Å². The van der Waals surface area contributed by atoms with Gasteiger partial charge in [-0.2, -0.15) is 0 Å². The van der Waals surface area contributed by atoms with E-state index in [9.17, 15) is 0 Å². The van der Waals surface area contributed by atoms with E-state index in [1.807, 2.05) is 18.5 Å². The van der Waals surface area contributed by atoms with E-state index in [0.29, 0.717) is 6.04 Å². The standard InChI is InChI=1S/C14H23N3/c1-2-4-12-5-7-13(8-6-12)17-11-14-15-9-3-10-16-14/h3,9-10,12-13,17H,2,4-8,11H2,1H3. The van der Waals surface area contributed by atoms with E-state index in [2.05, 4.69) is 22.2 Å². The van der Waals surface area contributed by atoms with Gasteiger partial charge in [0.05, 0.1) is 6.54 Å². The van der Waals surface area contributed by atoms with Crippen LogP contribution < -0.4 is 5.32 Å². The van der Waals surface area contributed by atoms with Gasteiger partial charge < -0.3 is 5.32 Å². The number of nitrogens with one attached hydrogen (secondary N) is 1. The first-order valence-electron chi connectivity index (χ1n) is 6.87. The summed E-state index contributed by atoms with van der Waals surface area (Å²) in [6.45, 7) is 3.10. The third-order valence-electron chi connectivity index (χ3n) is 3.71. The molecule has 0 saturated heterocycles. The van der Waals surface area contributed by atoms with Crippen LogP contribution in [-0.2, 0) is 6.54 Å². The van der Waals surface area contributed by atoms with Crippen LogP contribution in [0.2, 0.25) is 0 Å². The molecule has 1 fully saturated rings. The molecule has 1 aliphatic rings. The van der Waals surface area contributed by atoms with Crippen molar-refractivity contribution in [3.8, 4) is 0 Å². The molecular weight excluding hydrogens is 210 g/mol. The molecule has 0 aliphatic heterocycles. The Balaban J connectivity index is 1.68. The predicted molar refractivity (Wildman–Crippen MR) is 69.5 cm³/mol. The van der Waals surface area contributed by atoms with Gasteiger partial charge in [0.2, 0.25) is 0 Å². The van der Waals surface area contributed by atoms with Gasteiger partial charge in [-0.15, -0.1) is 0 Å². The molecule has 3 heteroatoms. The van der Waals surface area contributed by atoms with Gasteiger partial charge in [0, 0.05) is 18.4 Å². The summed E-state index contributed by atoms with van der Waals surface area (Å²) in [5, 5.41) is 3.58. The molecule has 1 aliphatic carbocycles. The fraction of sp³-hybridized carbons (Fsp3) is 0.714. The van der Waals surface area contributed by atoms with Gasteiger partial charge in [0.25, 0.3) is 0 Å². The molecule has 94 valence electrons. The van der Waals surface area contributed by atoms with Crippen molar-refractivity contribution in [3.05, 3.63) is 24.3 Å². The van der Waals surface area contributed by atoms with Crippen LogP contribution in [0.25, 0.3) is 0 Å². The first-order valence-corrected chi connectivity index (χ1v) is 6.87. The van der Waals surface area contributed by atoms with Crippen molar-refractivity contribution < 1.29 is 0 Å². The maximum atomic E-state index is 4.23. The van der Waals surface area contributed by atoms with Crippen LogP contribution in [0.15, 0.2) is 18.5 Å². The minimum Gasteiger partial charge on any atom is -0.307 e. The van der Waals surface area contributed by atoms with Crippen LogP contribution in [0.3, 0.4) is 0 Å². The summed E-state index contributed by atoms with van der Waals surface area (Å²) in [5.41, 5.74) is 0. The highest BCUT2D eigenvalue weighted by atomic mass is 15.0. The number of hydrogen-bond acceptors (Lipinski definition) is 3. The van der Waals surface area contributed by atoms with Gasteiger partial charge in [-0.3, -0.25) is 0 Å². The topological polar surface area (TPSA) is 37.8 Å². The fourth-order valence-electron chi connectivity index (χ4n) is 2.72. The second kappa shape index (κ2) is 6.70. The quantitative estimate of drug-likeness (QED) is 0.849. The Kier molecular flexibility index (Phi) is 4.92. The summed E-state index contributed by atoms with van der Waals surface area (Å²) >= 11 is 0. The summed E-state index contributed by atoms with van der Waals surface area (Å²) in [4.78, 5) is 8.47. The molecular formula is C14H23N3. The molecule has 0 amide bonds. The van der Waals surface area contributed by atoms with E-state index >= 15 is 0 Å². The monoisotopic (exact) mass is 233 g/mol. The van der Waals surface area contributed by atoms with Crippen LogP contribution >= 0.6 is 0 Å². The Morgan fingerprint density at radius 3 is 2.53 bits per heavy atom. The lowest BCUT2D eigenvalue weighted by molar-refractivity contribution is 0.276. The van der Waals surface area contributed by atoms with E-state index < -0.39 is 0 Å². The SMILES string of the molecule is CCCC1CCC(NCc2ncccn2)CC1. The normalized spacial score (nSPS) is 24.8. The van der Waals surface area contributed by atoms with Gasteiger partial charge in [-0.1, -0.05) is 19.8 Å². The van der Waals surface area contributed by atoms with E-state index in [-0.39, 0.29) is 0 Å². The average molecular weight is 233 g/mol. The second-order valence-electron chi connectivity index (χ2n) is 5.05. The third-order valence-corrected chi connectivity index (χ3v) is 3.71. The number of aromatic nitrogens is 2. The van der Waals surface area contributed by atoms with Crippen molar-refractivity contribution in [1.82, 2.24) is 15.3 Å². The molecule has 1 aromatic rings. The number of rotatable bonds is 5. The van der Waals surface area contributed by atoms with Crippen molar-refractivity contribution in [3.63, 3.8) is 0 Å². The van der Waals surface area contributed by atoms with Crippen molar-refractivity contribution >= 4 is 0 Å². The highest BCUT2D eigenvalue weighted by Crippen LogP contribution is 2.27. The first-order chi connectivity index (χ1) is 8.38. The molecule has 1 heterocycles. The highest BCUT2D eigenvalue weighted by molar-refractivity contribution is 4.89. The highest BCUT2D eigenvalue weighted by Gasteiger charge is 2.19. The van der Waals surface area contributed by atoms with Crippen molar-refractivity contribution in [2.45, 2.75) is 58.0 Å². The van der Waals surface area contributed by atoms with Crippen LogP contribution in [0.4, 0.5) is 0 Å². The molecule has 0 bridgehead atoms. The fourth-order valence-corrected chi connectivity index (χ4v) is 2.72. The molecule has 17 heavy (non-hydrogen) atoms. The van der Waals surface area contributed by atoms with E-state index in [0.717, 1.165) is 18.3 Å². The Bertz CT molecular complexity index is 305. The van der Waals surface area contributed by atoms with Crippen LogP contribution in [0.5, 0.6) is 0 Å². The lowest BCUT2D eigenvalue weighted by atomic mass is 9.83. The summed E-state index contributed by atoms with van der Waals surface area (Å²) in [7, 11) is 0. The maximum absolute atomic E-state index is 4.23. The molecule has 1 N–H and O–H groups in total. The zero-order valence-corrected chi connectivity index (χ0v) is 10.7. The second-order valence-corrected chi connectivity index (χ2v) is 5.05. The lowest BCUT2D eigenvalue weighted by Gasteiger charge is -2.28. The molecule has 0 aromatic carbocycles. The largest absolute Gasteiger partial charge is 0.307 e. The Hall–Kier alpha value is -0.960. The summed E-state index contributed by atoms with van der Waals surface area (Å²) < 4.78 is 0. The van der Waals surface area contributed by atoms with Crippen molar-refractivity contribution in [2.24, 2.45) is 5.92 Å². The van der Waals surface area contributed by atoms with Gasteiger partial charge in [-0.25, -0.2) is 9.97 Å². The third kappa shape index (κ3) is 4.08. The Morgan fingerprint density at radius 2 is 1.88 bits per heavy atom. The van der Waals surface area contributed by atoms with Crippen LogP contribution in [0, 0.1) is 5.92 Å². The van der Waals surface area contributed by atoms with Crippen molar-refractivity contribution in [1.29, 1.82) is 0 Å². The van der Waals surface area contributed by atoms with Crippen LogP contribution in [0.1, 0.15) is 51.3 Å². The van der Waals surface area contributed by atoms with E-state index in [1.54, 1.807) is 0 Å². The van der Waals surface area contributed by atoms with E-state index in [1.165, 1.54) is 38.5 Å². The van der Waals surface area contributed by atoms with Gasteiger partial charge in [0.1, 0.15) is 5.82 Å². The first kappa shape index (κ1) is 12.5. The van der Waals surface area contributed by atoms with Crippen molar-refractivity contribution in [2.75, 3.05) is 0 Å². The number of nitrogens with zero attached hydrogens (tertiary/aromatic N) is 2. The molecule has 0 unspecified atom stereocenters. The molecule has 1 saturated carbocycles. The lowest BCUT2D eigenvalue weighted by Crippen LogP contribution is -2.33. The summed E-state index contributed by atoms with van der Waals surface area (Å²) in [6, 6.07) is 2.53. The average Bonchev–Trinajstić information content (AvgIpc) is 2.40. The van der Waals surface area contributed by atoms with Gasteiger partial charge >= 0.3 is 0 Å². The summed E-state index contributed by atoms with van der Waals surface area (Å²) in [5.74, 6) is 1.88. The van der Waals surface area contributed by atoms with E-state index in [4.69, 9.17) is 0 Å². The zero-order valence-electron chi connectivity index (χ0n) is 10.7. The minimum atomic E-state index is 0.673. The molecule has 1 aromatic heterocycles. The molecule has 0 radical (unpaired) electrons. The molecule has 0 atom stereocenters. The summed E-state index contributed by atoms with van der Waals surface area (Å²) in [6.07, 6.45) is 11.8. The minimum absolute atomic E-state index is 0.673. The molecule has 2 rings (SSSR count).